The van der Waals surface area contributed by atoms with Gasteiger partial charge in [0, 0.05) is 11.6 Å². The SMILES string of the molecule is O=[N+]([O-])c1ccccc1-c1cnc(-c2ccc(C(F)(F)F)cc2)o1. The Morgan fingerprint density at radius 3 is 2.33 bits per heavy atom. The lowest BCUT2D eigenvalue weighted by Crippen LogP contribution is -2.03. The van der Waals surface area contributed by atoms with Gasteiger partial charge in [0.15, 0.2) is 5.76 Å². The maximum atomic E-state index is 12.6. The van der Waals surface area contributed by atoms with Crippen molar-refractivity contribution in [3.8, 4) is 22.8 Å². The molecule has 8 heteroatoms. The number of alkyl halides is 3. The van der Waals surface area contributed by atoms with Crippen LogP contribution in [0.1, 0.15) is 5.56 Å². The lowest BCUT2D eigenvalue weighted by atomic mass is 10.1. The fraction of sp³-hybridized carbons (Fsp3) is 0.0625. The van der Waals surface area contributed by atoms with Crippen LogP contribution in [0.2, 0.25) is 0 Å². The second-order valence-corrected chi connectivity index (χ2v) is 4.88. The number of aromatic nitrogens is 1. The number of benzene rings is 2. The van der Waals surface area contributed by atoms with E-state index in [9.17, 15) is 23.3 Å². The summed E-state index contributed by atoms with van der Waals surface area (Å²) in [5, 5.41) is 11.0. The highest BCUT2D eigenvalue weighted by molar-refractivity contribution is 5.70. The van der Waals surface area contributed by atoms with Gasteiger partial charge in [-0.25, -0.2) is 4.98 Å². The average molecular weight is 334 g/mol. The van der Waals surface area contributed by atoms with Crippen LogP contribution in [0.15, 0.2) is 59.1 Å². The third-order valence-electron chi connectivity index (χ3n) is 3.33. The number of para-hydroxylation sites is 1. The minimum atomic E-state index is -4.43. The molecule has 0 aliphatic rings. The van der Waals surface area contributed by atoms with Crippen LogP contribution >= 0.6 is 0 Å². The molecule has 122 valence electrons. The molecule has 0 aliphatic heterocycles. The Balaban J connectivity index is 1.96. The molecule has 3 rings (SSSR count). The number of oxazole rings is 1. The first-order valence-corrected chi connectivity index (χ1v) is 6.73. The van der Waals surface area contributed by atoms with Crippen LogP contribution < -0.4 is 0 Å². The molecule has 1 aromatic heterocycles. The van der Waals surface area contributed by atoms with Gasteiger partial charge in [-0.2, -0.15) is 13.2 Å². The van der Waals surface area contributed by atoms with E-state index in [4.69, 9.17) is 4.42 Å². The summed E-state index contributed by atoms with van der Waals surface area (Å²) < 4.78 is 43.2. The molecule has 0 radical (unpaired) electrons. The maximum Gasteiger partial charge on any atom is 0.416 e. The van der Waals surface area contributed by atoms with E-state index in [1.165, 1.54) is 36.5 Å². The van der Waals surface area contributed by atoms with E-state index in [2.05, 4.69) is 4.98 Å². The highest BCUT2D eigenvalue weighted by Crippen LogP contribution is 2.34. The lowest BCUT2D eigenvalue weighted by Gasteiger charge is -2.06. The second-order valence-electron chi connectivity index (χ2n) is 4.88. The number of rotatable bonds is 3. The molecule has 0 saturated carbocycles. The summed E-state index contributed by atoms with van der Waals surface area (Å²) in [4.78, 5) is 14.5. The summed E-state index contributed by atoms with van der Waals surface area (Å²) in [5.41, 5.74) is -0.342. The van der Waals surface area contributed by atoms with Crippen molar-refractivity contribution in [2.45, 2.75) is 6.18 Å². The minimum absolute atomic E-state index is 0.0804. The highest BCUT2D eigenvalue weighted by Gasteiger charge is 2.30. The molecule has 0 N–H and O–H groups in total. The number of nitro benzene ring substituents is 1. The van der Waals surface area contributed by atoms with E-state index < -0.39 is 16.7 Å². The number of nitro groups is 1. The normalized spacial score (nSPS) is 11.5. The van der Waals surface area contributed by atoms with Gasteiger partial charge in [0.2, 0.25) is 5.89 Å². The zero-order chi connectivity index (χ0) is 17.3. The Bertz CT molecular complexity index is 886. The van der Waals surface area contributed by atoms with Gasteiger partial charge in [-0.05, 0) is 30.3 Å². The summed E-state index contributed by atoms with van der Waals surface area (Å²) in [6.45, 7) is 0. The summed E-state index contributed by atoms with van der Waals surface area (Å²) >= 11 is 0. The maximum absolute atomic E-state index is 12.6. The third kappa shape index (κ3) is 2.98. The standard InChI is InChI=1S/C16H9F3N2O3/c17-16(18,19)11-7-5-10(6-8-11)15-20-9-14(24-15)12-3-1-2-4-13(12)21(22)23/h1-9H. The van der Waals surface area contributed by atoms with Crippen molar-refractivity contribution in [1.82, 2.24) is 4.98 Å². The van der Waals surface area contributed by atoms with Crippen LogP contribution in [-0.4, -0.2) is 9.91 Å². The van der Waals surface area contributed by atoms with E-state index in [0.29, 0.717) is 5.56 Å². The number of nitrogens with zero attached hydrogens (tertiary/aromatic N) is 2. The molecule has 0 amide bonds. The number of halogens is 3. The predicted octanol–water partition coefficient (Wildman–Crippen LogP) is 4.94. The summed E-state index contributed by atoms with van der Waals surface area (Å²) in [7, 11) is 0. The van der Waals surface area contributed by atoms with Gasteiger partial charge in [-0.1, -0.05) is 12.1 Å². The second kappa shape index (κ2) is 5.80. The molecule has 24 heavy (non-hydrogen) atoms. The smallest absolute Gasteiger partial charge is 0.416 e. The first-order valence-electron chi connectivity index (χ1n) is 6.73. The zero-order valence-electron chi connectivity index (χ0n) is 11.9. The van der Waals surface area contributed by atoms with Crippen LogP contribution in [0.5, 0.6) is 0 Å². The number of hydrogen-bond acceptors (Lipinski definition) is 4. The topological polar surface area (TPSA) is 69.2 Å². The molecule has 2 aromatic carbocycles. The lowest BCUT2D eigenvalue weighted by molar-refractivity contribution is -0.384. The van der Waals surface area contributed by atoms with Crippen LogP contribution in [-0.2, 0) is 6.18 Å². The summed E-state index contributed by atoms with van der Waals surface area (Å²) in [6, 6.07) is 10.3. The fourth-order valence-corrected chi connectivity index (χ4v) is 2.18. The van der Waals surface area contributed by atoms with Crippen LogP contribution in [0.3, 0.4) is 0 Å². The molecule has 0 fully saturated rings. The molecule has 5 nitrogen and oxygen atoms in total. The van der Waals surface area contributed by atoms with Crippen LogP contribution in [0.25, 0.3) is 22.8 Å². The third-order valence-corrected chi connectivity index (χ3v) is 3.33. The molecule has 3 aromatic rings. The van der Waals surface area contributed by atoms with Gasteiger partial charge in [0.1, 0.15) is 0 Å². The molecule has 0 atom stereocenters. The molecule has 0 unspecified atom stereocenters. The summed E-state index contributed by atoms with van der Waals surface area (Å²) in [6.07, 6.45) is -3.12. The van der Waals surface area contributed by atoms with E-state index in [1.807, 2.05) is 0 Å². The van der Waals surface area contributed by atoms with Crippen molar-refractivity contribution >= 4 is 5.69 Å². The Kier molecular flexibility index (Phi) is 3.80. The van der Waals surface area contributed by atoms with E-state index >= 15 is 0 Å². The molecule has 0 aliphatic carbocycles. The van der Waals surface area contributed by atoms with Crippen molar-refractivity contribution in [2.24, 2.45) is 0 Å². The first-order chi connectivity index (χ1) is 11.4. The average Bonchev–Trinajstić information content (AvgIpc) is 3.04. The fourth-order valence-electron chi connectivity index (χ4n) is 2.18. The molecular formula is C16H9F3N2O3. The van der Waals surface area contributed by atoms with Crippen molar-refractivity contribution < 1.29 is 22.5 Å². The minimum Gasteiger partial charge on any atom is -0.436 e. The van der Waals surface area contributed by atoms with Crippen molar-refractivity contribution in [3.05, 3.63) is 70.4 Å². The monoisotopic (exact) mass is 334 g/mol. The zero-order valence-corrected chi connectivity index (χ0v) is 11.9. The molecule has 0 saturated heterocycles. The molecule has 0 spiro atoms. The van der Waals surface area contributed by atoms with Crippen molar-refractivity contribution in [3.63, 3.8) is 0 Å². The molecule has 1 heterocycles. The predicted molar refractivity (Wildman–Crippen MR) is 79.0 cm³/mol. The van der Waals surface area contributed by atoms with Crippen molar-refractivity contribution in [2.75, 3.05) is 0 Å². The molecule has 0 bridgehead atoms. The van der Waals surface area contributed by atoms with Gasteiger partial charge in [-0.3, -0.25) is 10.1 Å². The Morgan fingerprint density at radius 2 is 1.71 bits per heavy atom. The van der Waals surface area contributed by atoms with Crippen molar-refractivity contribution in [1.29, 1.82) is 0 Å². The Hall–Kier alpha value is -3.16. The Labute approximate surface area is 133 Å². The van der Waals surface area contributed by atoms with E-state index in [0.717, 1.165) is 12.1 Å². The van der Waals surface area contributed by atoms with Gasteiger partial charge in [-0.15, -0.1) is 0 Å². The van der Waals surface area contributed by atoms with Gasteiger partial charge in [0.05, 0.1) is 22.2 Å². The largest absolute Gasteiger partial charge is 0.436 e. The van der Waals surface area contributed by atoms with Crippen LogP contribution in [0.4, 0.5) is 18.9 Å². The van der Waals surface area contributed by atoms with Gasteiger partial charge >= 0.3 is 6.18 Å². The molecular weight excluding hydrogens is 325 g/mol. The van der Waals surface area contributed by atoms with E-state index in [1.54, 1.807) is 6.07 Å². The highest BCUT2D eigenvalue weighted by atomic mass is 19.4. The number of hydrogen-bond donors (Lipinski definition) is 0. The Morgan fingerprint density at radius 1 is 1.04 bits per heavy atom. The van der Waals surface area contributed by atoms with Crippen LogP contribution in [0, 0.1) is 10.1 Å². The first kappa shape index (κ1) is 15.7. The summed E-state index contributed by atoms with van der Waals surface area (Å²) in [5.74, 6) is 0.245. The van der Waals surface area contributed by atoms with Gasteiger partial charge < -0.3 is 4.42 Å². The quantitative estimate of drug-likeness (QED) is 0.503. The van der Waals surface area contributed by atoms with Gasteiger partial charge in [0.25, 0.3) is 5.69 Å². The van der Waals surface area contributed by atoms with E-state index in [-0.39, 0.29) is 22.9 Å².